The standard InChI is InChI=1S/C65H97O15P/c1-6-8-10-12-14-16-18-20-22-24-26-28-30-32-56(66)75-46-53(47-76-57(67)33-31-29-27-25-23-21-19-17-15-13-11-9-7-2)79-59(69)44-43-58(68)78-52-39-36-51(37-40-52)38-42-60(70)80-64-54(41-34-49(3)35-45-61(71)81-73)63(74-5)50(4)55-48-77-65(72)62(55)64/h34,36-37,39-40,53H,6-33,35,38,41-48H2,1-5H3/b49-34+. The van der Waals surface area contributed by atoms with Gasteiger partial charge in [0.15, 0.2) is 11.9 Å². The van der Waals surface area contributed by atoms with Crippen molar-refractivity contribution in [3.8, 4) is 17.2 Å². The summed E-state index contributed by atoms with van der Waals surface area (Å²) in [6, 6.07) is 6.51. The molecule has 0 radical (unpaired) electrons. The van der Waals surface area contributed by atoms with E-state index in [1.165, 1.54) is 123 Å². The van der Waals surface area contributed by atoms with Crippen LogP contribution in [0.3, 0.4) is 0 Å². The van der Waals surface area contributed by atoms with Crippen molar-refractivity contribution in [1.82, 2.24) is 0 Å². The molecule has 0 saturated carbocycles. The maximum absolute atomic E-state index is 13.4. The Morgan fingerprint density at radius 2 is 1.04 bits per heavy atom. The van der Waals surface area contributed by atoms with E-state index in [0.717, 1.165) is 49.7 Å². The zero-order valence-corrected chi connectivity index (χ0v) is 50.8. The molecule has 1 aliphatic rings. The summed E-state index contributed by atoms with van der Waals surface area (Å²) in [4.78, 5) is 89.4. The molecular formula is C65H97O15P. The summed E-state index contributed by atoms with van der Waals surface area (Å²) in [7, 11) is 0.946. The lowest BCUT2D eigenvalue weighted by molar-refractivity contribution is -0.167. The van der Waals surface area contributed by atoms with E-state index in [2.05, 4.69) is 13.8 Å². The molecule has 0 aliphatic carbocycles. The second kappa shape index (κ2) is 43.3. The molecule has 0 amide bonds. The molecule has 0 atom stereocenters. The third-order valence-electron chi connectivity index (χ3n) is 14.8. The average molecular weight is 1150 g/mol. The van der Waals surface area contributed by atoms with Crippen LogP contribution in [-0.2, 0) is 71.7 Å². The second-order valence-corrected chi connectivity index (χ2v) is 22.4. The van der Waals surface area contributed by atoms with E-state index >= 15 is 0 Å². The molecular weight excluding hydrogens is 1050 g/mol. The van der Waals surface area contributed by atoms with Crippen molar-refractivity contribution in [2.75, 3.05) is 20.3 Å². The zero-order chi connectivity index (χ0) is 58.9. The Balaban J connectivity index is 1.47. The second-order valence-electron chi connectivity index (χ2n) is 21.7. The molecule has 0 spiro atoms. The third-order valence-corrected chi connectivity index (χ3v) is 15.2. The van der Waals surface area contributed by atoms with Gasteiger partial charge in [-0.2, -0.15) is 0 Å². The number of esters is 6. The fourth-order valence-corrected chi connectivity index (χ4v) is 10.0. The summed E-state index contributed by atoms with van der Waals surface area (Å²) in [5.74, 6) is -2.78. The molecule has 0 unspecified atom stereocenters. The molecule has 0 bridgehead atoms. The first kappa shape index (κ1) is 69.8. The molecule has 0 saturated heterocycles. The quantitative estimate of drug-likeness (QED) is 0.0151. The van der Waals surface area contributed by atoms with Crippen LogP contribution in [0.2, 0.25) is 0 Å². The Bertz CT molecular complexity index is 2210. The third kappa shape index (κ3) is 30.4. The molecule has 452 valence electrons. The number of aryl methyl sites for hydroxylation is 1. The van der Waals surface area contributed by atoms with Crippen LogP contribution in [-0.4, -0.2) is 67.8 Å². The molecule has 0 N–H and O–H groups in total. The van der Waals surface area contributed by atoms with Crippen molar-refractivity contribution in [3.05, 3.63) is 63.7 Å². The number of hydrogen-bond donors (Lipinski definition) is 0. The van der Waals surface area contributed by atoms with Crippen LogP contribution in [0.1, 0.15) is 265 Å². The lowest BCUT2D eigenvalue weighted by Crippen LogP contribution is -2.31. The molecule has 16 heteroatoms. The lowest BCUT2D eigenvalue weighted by Gasteiger charge is -2.19. The molecule has 2 aromatic carbocycles. The number of hydrogen-bond acceptors (Lipinski definition) is 15. The van der Waals surface area contributed by atoms with Gasteiger partial charge in [-0.1, -0.05) is 192 Å². The summed E-state index contributed by atoms with van der Waals surface area (Å²) in [6.07, 6.45) is 32.5. The first-order chi connectivity index (χ1) is 39.3. The van der Waals surface area contributed by atoms with Crippen molar-refractivity contribution >= 4 is 49.8 Å². The Morgan fingerprint density at radius 3 is 1.52 bits per heavy atom. The van der Waals surface area contributed by atoms with E-state index < -0.39 is 55.9 Å². The van der Waals surface area contributed by atoms with Gasteiger partial charge in [0.2, 0.25) is 14.0 Å². The van der Waals surface area contributed by atoms with E-state index in [4.69, 9.17) is 33.2 Å². The zero-order valence-electron chi connectivity index (χ0n) is 49.9. The number of cyclic esters (lactones) is 1. The number of benzene rings is 2. The van der Waals surface area contributed by atoms with Crippen LogP contribution in [0, 0.1) is 6.92 Å². The Labute approximate surface area is 485 Å². The highest BCUT2D eigenvalue weighted by Gasteiger charge is 2.34. The summed E-state index contributed by atoms with van der Waals surface area (Å²) in [5.41, 5.74) is 3.04. The van der Waals surface area contributed by atoms with Gasteiger partial charge >= 0.3 is 35.8 Å². The van der Waals surface area contributed by atoms with Crippen LogP contribution in [0.5, 0.6) is 17.2 Å². The first-order valence-electron chi connectivity index (χ1n) is 30.7. The predicted molar refractivity (Wildman–Crippen MR) is 314 cm³/mol. The highest BCUT2D eigenvalue weighted by atomic mass is 31.1. The molecule has 2 aromatic rings. The van der Waals surface area contributed by atoms with Gasteiger partial charge in [-0.3, -0.25) is 33.3 Å². The number of fused-ring (bicyclic) bond motifs is 1. The minimum Gasteiger partial charge on any atom is -0.496 e. The maximum Gasteiger partial charge on any atom is 0.342 e. The van der Waals surface area contributed by atoms with Gasteiger partial charge in [0.1, 0.15) is 36.9 Å². The normalized spacial score (nSPS) is 12.1. The minimum absolute atomic E-state index is 0.00449. The van der Waals surface area contributed by atoms with Crippen molar-refractivity contribution in [1.29, 1.82) is 0 Å². The van der Waals surface area contributed by atoms with Crippen LogP contribution in [0.25, 0.3) is 0 Å². The maximum atomic E-state index is 13.4. The molecule has 1 aliphatic heterocycles. The van der Waals surface area contributed by atoms with E-state index in [1.807, 2.05) is 13.0 Å². The highest BCUT2D eigenvalue weighted by molar-refractivity contribution is 7.46. The van der Waals surface area contributed by atoms with Crippen molar-refractivity contribution < 1.29 is 71.3 Å². The van der Waals surface area contributed by atoms with Crippen LogP contribution < -0.4 is 14.2 Å². The van der Waals surface area contributed by atoms with E-state index in [1.54, 1.807) is 31.2 Å². The summed E-state index contributed by atoms with van der Waals surface area (Å²) in [6.45, 7) is 7.54. The number of allylic oxidation sites excluding steroid dienone is 2. The molecule has 0 fully saturated rings. The number of unbranched alkanes of at least 4 members (excludes halogenated alkanes) is 24. The Morgan fingerprint density at radius 1 is 0.568 bits per heavy atom. The minimum atomic E-state index is -1.05. The van der Waals surface area contributed by atoms with Gasteiger partial charge < -0.3 is 33.2 Å². The number of rotatable bonds is 48. The molecule has 15 nitrogen and oxygen atoms in total. The highest BCUT2D eigenvalue weighted by Crippen LogP contribution is 2.43. The molecule has 0 aromatic heterocycles. The monoisotopic (exact) mass is 1150 g/mol. The van der Waals surface area contributed by atoms with Gasteiger partial charge in [-0.05, 0) is 69.2 Å². The molecule has 81 heavy (non-hydrogen) atoms. The van der Waals surface area contributed by atoms with Crippen molar-refractivity contribution in [3.63, 3.8) is 0 Å². The average Bonchev–Trinajstić information content (AvgIpc) is 4.02. The fourth-order valence-electron chi connectivity index (χ4n) is 9.82. The molecule has 1 heterocycles. The first-order valence-corrected chi connectivity index (χ1v) is 31.5. The predicted octanol–water partition coefficient (Wildman–Crippen LogP) is 15.9. The summed E-state index contributed by atoms with van der Waals surface area (Å²) < 4.78 is 50.0. The summed E-state index contributed by atoms with van der Waals surface area (Å²) >= 11 is 0. The van der Waals surface area contributed by atoms with E-state index in [0.29, 0.717) is 41.7 Å². The van der Waals surface area contributed by atoms with Crippen LogP contribution in [0.4, 0.5) is 0 Å². The summed E-state index contributed by atoms with van der Waals surface area (Å²) in [5, 5.41) is 0. The largest absolute Gasteiger partial charge is 0.496 e. The Kier molecular flexibility index (Phi) is 37.3. The van der Waals surface area contributed by atoms with E-state index in [-0.39, 0.29) is 88.2 Å². The topological polar surface area (TPSA) is 201 Å². The van der Waals surface area contributed by atoms with Gasteiger partial charge in [-0.25, -0.2) is 4.79 Å². The number of carbonyl (C=O) groups excluding carboxylic acids is 7. The van der Waals surface area contributed by atoms with Crippen LogP contribution >= 0.6 is 8.46 Å². The number of carbonyl (C=O) groups is 7. The van der Waals surface area contributed by atoms with Crippen molar-refractivity contribution in [2.24, 2.45) is 0 Å². The van der Waals surface area contributed by atoms with Gasteiger partial charge in [0, 0.05) is 36.8 Å². The van der Waals surface area contributed by atoms with E-state index in [9.17, 15) is 38.1 Å². The lowest BCUT2D eigenvalue weighted by atomic mass is 9.94. The Hall–Kier alpha value is -5.43. The number of methoxy groups -OCH3 is 1. The van der Waals surface area contributed by atoms with Gasteiger partial charge in [0.05, 0.1) is 20.0 Å². The van der Waals surface area contributed by atoms with Gasteiger partial charge in [-0.15, -0.1) is 0 Å². The van der Waals surface area contributed by atoms with Gasteiger partial charge in [0.25, 0.3) is 0 Å². The number of ether oxygens (including phenoxy) is 7. The fraction of sp³-hybridized carbons (Fsp3) is 0.677. The smallest absolute Gasteiger partial charge is 0.342 e. The van der Waals surface area contributed by atoms with Crippen molar-refractivity contribution in [2.45, 2.75) is 265 Å². The molecule has 3 rings (SSSR count). The van der Waals surface area contributed by atoms with Crippen LogP contribution in [0.15, 0.2) is 35.9 Å². The SMILES string of the molecule is CCCCCCCCCCCCCCCC(=O)OCC(COC(=O)CCCCCCCCCCCCCCC)OC(=O)CCC(=O)Oc1ccc(CCC(=O)Oc2c(C/C=C(\C)CCC(=O)P=O)c(OC)c(C)c3c2C(=O)OC3)cc1.